The predicted octanol–water partition coefficient (Wildman–Crippen LogP) is 6.48. The maximum atomic E-state index is 13.4. The summed E-state index contributed by atoms with van der Waals surface area (Å²) in [4.78, 5) is 0. The van der Waals surface area contributed by atoms with E-state index in [0.717, 1.165) is 30.2 Å². The van der Waals surface area contributed by atoms with Gasteiger partial charge in [0, 0.05) is 0 Å². The quantitative estimate of drug-likeness (QED) is 0.528. The summed E-state index contributed by atoms with van der Waals surface area (Å²) >= 11 is 0. The van der Waals surface area contributed by atoms with Gasteiger partial charge >= 0.3 is 0 Å². The molecule has 1 aromatic carbocycles. The third-order valence-corrected chi connectivity index (χ3v) is 5.47. The molecule has 2 heteroatoms. The van der Waals surface area contributed by atoms with Gasteiger partial charge in [0.05, 0.1) is 0 Å². The fourth-order valence-corrected chi connectivity index (χ4v) is 3.67. The molecule has 0 bridgehead atoms. The molecule has 1 aliphatic rings. The summed E-state index contributed by atoms with van der Waals surface area (Å²) in [6.45, 7) is 8.43. The highest BCUT2D eigenvalue weighted by Crippen LogP contribution is 2.40. The molecule has 0 aromatic heterocycles. The fraction of sp³-hybridized carbons (Fsp3) is 0.600. The molecular weight excluding hydrogens is 278 g/mol. The van der Waals surface area contributed by atoms with Crippen molar-refractivity contribution in [2.45, 2.75) is 58.3 Å². The highest BCUT2D eigenvalue weighted by atomic mass is 19.2. The summed E-state index contributed by atoms with van der Waals surface area (Å²) in [7, 11) is 0. The van der Waals surface area contributed by atoms with Crippen molar-refractivity contribution in [3.05, 3.63) is 48.1 Å². The van der Waals surface area contributed by atoms with Crippen molar-refractivity contribution in [2.75, 3.05) is 0 Å². The van der Waals surface area contributed by atoms with Crippen LogP contribution in [0.15, 0.2) is 30.9 Å². The molecule has 1 aromatic rings. The lowest BCUT2D eigenvalue weighted by Crippen LogP contribution is -2.20. The zero-order valence-corrected chi connectivity index (χ0v) is 13.8. The van der Waals surface area contributed by atoms with E-state index in [1.165, 1.54) is 37.8 Å². The smallest absolute Gasteiger partial charge is 0.159 e. The second-order valence-electron chi connectivity index (χ2n) is 7.05. The van der Waals surface area contributed by atoms with Crippen molar-refractivity contribution in [2.24, 2.45) is 17.8 Å². The molecular formula is C20H28F2. The SMILES string of the molecule is C=CC(C)CCC(C)C1CCC(c2ccc(F)c(F)c2)CC1. The minimum atomic E-state index is -0.748. The molecule has 1 aliphatic carbocycles. The van der Waals surface area contributed by atoms with Crippen molar-refractivity contribution < 1.29 is 8.78 Å². The Hall–Kier alpha value is -1.18. The Morgan fingerprint density at radius 2 is 1.77 bits per heavy atom. The van der Waals surface area contributed by atoms with Crippen molar-refractivity contribution >= 4 is 0 Å². The first-order valence-corrected chi connectivity index (χ1v) is 8.58. The van der Waals surface area contributed by atoms with E-state index >= 15 is 0 Å². The number of rotatable bonds is 6. The molecule has 0 N–H and O–H groups in total. The highest BCUT2D eigenvalue weighted by molar-refractivity contribution is 5.22. The molecule has 1 fully saturated rings. The van der Waals surface area contributed by atoms with Gasteiger partial charge in [-0.2, -0.15) is 0 Å². The van der Waals surface area contributed by atoms with E-state index in [1.807, 2.05) is 6.08 Å². The molecule has 0 spiro atoms. The van der Waals surface area contributed by atoms with Crippen molar-refractivity contribution in [1.29, 1.82) is 0 Å². The van der Waals surface area contributed by atoms with E-state index in [2.05, 4.69) is 20.4 Å². The third kappa shape index (κ3) is 4.41. The monoisotopic (exact) mass is 306 g/mol. The van der Waals surface area contributed by atoms with Crippen LogP contribution in [-0.4, -0.2) is 0 Å². The average Bonchev–Trinajstić information content (AvgIpc) is 2.55. The van der Waals surface area contributed by atoms with Gasteiger partial charge in [-0.25, -0.2) is 8.78 Å². The number of allylic oxidation sites excluding steroid dienone is 1. The first kappa shape index (κ1) is 17.2. The Morgan fingerprint density at radius 3 is 2.36 bits per heavy atom. The maximum absolute atomic E-state index is 13.4. The van der Waals surface area contributed by atoms with Gasteiger partial charge in [0.15, 0.2) is 11.6 Å². The summed E-state index contributed by atoms with van der Waals surface area (Å²) < 4.78 is 26.4. The van der Waals surface area contributed by atoms with Crippen LogP contribution < -0.4 is 0 Å². The second kappa shape index (κ2) is 7.89. The van der Waals surface area contributed by atoms with Gasteiger partial charge in [-0.1, -0.05) is 26.0 Å². The third-order valence-electron chi connectivity index (χ3n) is 5.47. The Kier molecular flexibility index (Phi) is 6.16. The van der Waals surface area contributed by atoms with Crippen LogP contribution in [0.3, 0.4) is 0 Å². The topological polar surface area (TPSA) is 0 Å². The lowest BCUT2D eigenvalue weighted by Gasteiger charge is -2.33. The predicted molar refractivity (Wildman–Crippen MR) is 88.8 cm³/mol. The Morgan fingerprint density at radius 1 is 1.09 bits per heavy atom. The van der Waals surface area contributed by atoms with Crippen LogP contribution >= 0.6 is 0 Å². The fourth-order valence-electron chi connectivity index (χ4n) is 3.67. The van der Waals surface area contributed by atoms with Gasteiger partial charge < -0.3 is 0 Å². The molecule has 0 nitrogen and oxygen atoms in total. The summed E-state index contributed by atoms with van der Waals surface area (Å²) in [5, 5.41) is 0. The van der Waals surface area contributed by atoms with Gasteiger partial charge in [-0.15, -0.1) is 6.58 Å². The lowest BCUT2D eigenvalue weighted by molar-refractivity contribution is 0.229. The molecule has 0 saturated heterocycles. The van der Waals surface area contributed by atoms with Gasteiger partial charge in [0.1, 0.15) is 0 Å². The van der Waals surface area contributed by atoms with Crippen LogP contribution in [0.1, 0.15) is 63.9 Å². The maximum Gasteiger partial charge on any atom is 0.159 e. The van der Waals surface area contributed by atoms with Gasteiger partial charge in [0.25, 0.3) is 0 Å². The summed E-state index contributed by atoms with van der Waals surface area (Å²) in [6.07, 6.45) is 9.10. The standard InChI is InChI=1S/C20H28F2/c1-4-14(2)5-6-15(3)16-7-9-17(10-8-16)18-11-12-19(21)20(22)13-18/h4,11-17H,1,5-10H2,2-3H3. The van der Waals surface area contributed by atoms with Crippen LogP contribution in [0, 0.1) is 29.4 Å². The van der Waals surface area contributed by atoms with Gasteiger partial charge in [-0.05, 0) is 79.9 Å². The lowest BCUT2D eigenvalue weighted by atomic mass is 9.73. The summed E-state index contributed by atoms with van der Waals surface area (Å²) in [5.74, 6) is 1.05. The number of halogens is 2. The molecule has 1 saturated carbocycles. The molecule has 122 valence electrons. The van der Waals surface area contributed by atoms with Crippen LogP contribution in [0.5, 0.6) is 0 Å². The van der Waals surface area contributed by atoms with E-state index in [-0.39, 0.29) is 0 Å². The van der Waals surface area contributed by atoms with Gasteiger partial charge in [0.2, 0.25) is 0 Å². The van der Waals surface area contributed by atoms with E-state index in [0.29, 0.717) is 11.8 Å². The van der Waals surface area contributed by atoms with Crippen molar-refractivity contribution in [3.8, 4) is 0 Å². The van der Waals surface area contributed by atoms with Gasteiger partial charge in [-0.3, -0.25) is 0 Å². The van der Waals surface area contributed by atoms with Crippen LogP contribution in [-0.2, 0) is 0 Å². The molecule has 0 radical (unpaired) electrons. The Bertz CT molecular complexity index is 486. The first-order chi connectivity index (χ1) is 10.5. The second-order valence-corrected chi connectivity index (χ2v) is 7.05. The van der Waals surface area contributed by atoms with E-state index in [1.54, 1.807) is 6.07 Å². The highest BCUT2D eigenvalue weighted by Gasteiger charge is 2.26. The molecule has 0 heterocycles. The minimum Gasteiger partial charge on any atom is -0.204 e. The molecule has 2 rings (SSSR count). The molecule has 2 atom stereocenters. The molecule has 2 unspecified atom stereocenters. The average molecular weight is 306 g/mol. The van der Waals surface area contributed by atoms with E-state index in [4.69, 9.17) is 0 Å². The van der Waals surface area contributed by atoms with Crippen molar-refractivity contribution in [3.63, 3.8) is 0 Å². The number of benzene rings is 1. The number of hydrogen-bond acceptors (Lipinski definition) is 0. The van der Waals surface area contributed by atoms with E-state index < -0.39 is 11.6 Å². The first-order valence-electron chi connectivity index (χ1n) is 8.58. The molecule has 22 heavy (non-hydrogen) atoms. The summed E-state index contributed by atoms with van der Waals surface area (Å²) in [5.41, 5.74) is 0.963. The van der Waals surface area contributed by atoms with Crippen LogP contribution in [0.2, 0.25) is 0 Å². The minimum absolute atomic E-state index is 0.394. The zero-order chi connectivity index (χ0) is 16.1. The largest absolute Gasteiger partial charge is 0.204 e. The van der Waals surface area contributed by atoms with Crippen LogP contribution in [0.25, 0.3) is 0 Å². The Balaban J connectivity index is 1.84. The van der Waals surface area contributed by atoms with Crippen LogP contribution in [0.4, 0.5) is 8.78 Å². The summed E-state index contributed by atoms with van der Waals surface area (Å²) in [6, 6.07) is 4.39. The molecule has 0 amide bonds. The zero-order valence-electron chi connectivity index (χ0n) is 13.8. The van der Waals surface area contributed by atoms with Crippen molar-refractivity contribution in [1.82, 2.24) is 0 Å². The molecule has 0 aliphatic heterocycles. The Labute approximate surface area is 133 Å². The number of hydrogen-bond donors (Lipinski definition) is 0. The van der Waals surface area contributed by atoms with E-state index in [9.17, 15) is 8.78 Å². The normalized spacial score (nSPS) is 24.7.